The van der Waals surface area contributed by atoms with E-state index in [4.69, 9.17) is 5.11 Å². The average molecular weight is 213 g/mol. The number of isocyanates is 1. The summed E-state index contributed by atoms with van der Waals surface area (Å²) in [5.74, 6) is -1.00. The van der Waals surface area contributed by atoms with E-state index < -0.39 is 5.97 Å². The molecule has 0 amide bonds. The lowest BCUT2D eigenvalue weighted by Gasteiger charge is -2.03. The Morgan fingerprint density at radius 1 is 1.12 bits per heavy atom. The predicted octanol–water partition coefficient (Wildman–Crippen LogP) is 2.51. The van der Waals surface area contributed by atoms with E-state index in [0.29, 0.717) is 16.5 Å². The van der Waals surface area contributed by atoms with Gasteiger partial charge in [-0.15, -0.1) is 0 Å². The second-order valence-corrected chi connectivity index (χ2v) is 3.19. The van der Waals surface area contributed by atoms with Crippen LogP contribution in [0, 0.1) is 0 Å². The molecule has 2 rings (SSSR count). The van der Waals surface area contributed by atoms with Gasteiger partial charge in [0.25, 0.3) is 0 Å². The highest BCUT2D eigenvalue weighted by Gasteiger charge is 2.09. The Labute approximate surface area is 90.9 Å². The predicted molar refractivity (Wildman–Crippen MR) is 58.7 cm³/mol. The van der Waals surface area contributed by atoms with Crippen LogP contribution in [-0.4, -0.2) is 17.2 Å². The second kappa shape index (κ2) is 3.96. The number of carbonyl (C=O) groups excluding carboxylic acids is 1. The van der Waals surface area contributed by atoms with E-state index in [1.54, 1.807) is 30.3 Å². The van der Waals surface area contributed by atoms with Crippen molar-refractivity contribution in [2.24, 2.45) is 4.99 Å². The number of benzene rings is 2. The largest absolute Gasteiger partial charge is 0.478 e. The molecule has 4 heteroatoms. The Kier molecular flexibility index (Phi) is 2.50. The van der Waals surface area contributed by atoms with Crippen LogP contribution < -0.4 is 0 Å². The van der Waals surface area contributed by atoms with Gasteiger partial charge in [-0.2, -0.15) is 4.99 Å². The highest BCUT2D eigenvalue weighted by atomic mass is 16.4. The molecule has 0 bridgehead atoms. The van der Waals surface area contributed by atoms with Gasteiger partial charge in [0.05, 0.1) is 11.3 Å². The van der Waals surface area contributed by atoms with Crippen LogP contribution in [0.3, 0.4) is 0 Å². The van der Waals surface area contributed by atoms with Crippen molar-refractivity contribution in [1.29, 1.82) is 0 Å². The minimum atomic E-state index is -1.00. The summed E-state index contributed by atoms with van der Waals surface area (Å²) < 4.78 is 0. The Morgan fingerprint density at radius 2 is 1.81 bits per heavy atom. The van der Waals surface area contributed by atoms with Crippen molar-refractivity contribution in [3.8, 4) is 0 Å². The van der Waals surface area contributed by atoms with E-state index in [2.05, 4.69) is 4.99 Å². The van der Waals surface area contributed by atoms with Crippen LogP contribution in [0.25, 0.3) is 10.8 Å². The molecule has 0 radical (unpaired) electrons. The van der Waals surface area contributed by atoms with Gasteiger partial charge in [-0.25, -0.2) is 9.59 Å². The Bertz CT molecular complexity index is 571. The number of aromatic carboxylic acids is 1. The number of fused-ring (bicyclic) bond motifs is 1. The van der Waals surface area contributed by atoms with Gasteiger partial charge < -0.3 is 5.11 Å². The molecule has 0 atom stereocenters. The highest BCUT2D eigenvalue weighted by molar-refractivity contribution is 6.06. The quantitative estimate of drug-likeness (QED) is 0.615. The molecule has 0 aliphatic heterocycles. The van der Waals surface area contributed by atoms with Crippen LogP contribution in [0.5, 0.6) is 0 Å². The molecule has 0 spiro atoms. The van der Waals surface area contributed by atoms with Crippen molar-refractivity contribution in [1.82, 2.24) is 0 Å². The molecule has 0 unspecified atom stereocenters. The van der Waals surface area contributed by atoms with E-state index in [-0.39, 0.29) is 5.56 Å². The Balaban J connectivity index is 2.86. The van der Waals surface area contributed by atoms with Crippen molar-refractivity contribution >= 4 is 28.5 Å². The van der Waals surface area contributed by atoms with E-state index in [1.807, 2.05) is 0 Å². The van der Waals surface area contributed by atoms with Gasteiger partial charge in [0.2, 0.25) is 6.08 Å². The summed E-state index contributed by atoms with van der Waals surface area (Å²) in [6.07, 6.45) is 1.45. The number of aliphatic imine (C=N–C) groups is 1. The maximum Gasteiger partial charge on any atom is 0.336 e. The van der Waals surface area contributed by atoms with E-state index in [9.17, 15) is 9.59 Å². The topological polar surface area (TPSA) is 66.7 Å². The van der Waals surface area contributed by atoms with Gasteiger partial charge in [0.1, 0.15) is 0 Å². The fraction of sp³-hybridized carbons (Fsp3) is 0. The molecule has 78 valence electrons. The molecule has 1 N–H and O–H groups in total. The smallest absolute Gasteiger partial charge is 0.336 e. The van der Waals surface area contributed by atoms with E-state index in [0.717, 1.165) is 0 Å². The van der Waals surface area contributed by atoms with Crippen LogP contribution in [0.1, 0.15) is 10.4 Å². The van der Waals surface area contributed by atoms with Gasteiger partial charge in [0, 0.05) is 5.39 Å². The number of carboxylic acid groups (broad SMARTS) is 1. The van der Waals surface area contributed by atoms with Crippen molar-refractivity contribution < 1.29 is 14.7 Å². The van der Waals surface area contributed by atoms with E-state index >= 15 is 0 Å². The molecule has 0 aliphatic rings. The van der Waals surface area contributed by atoms with Crippen molar-refractivity contribution in [3.05, 3.63) is 42.0 Å². The third kappa shape index (κ3) is 1.58. The van der Waals surface area contributed by atoms with E-state index in [1.165, 1.54) is 12.1 Å². The lowest BCUT2D eigenvalue weighted by atomic mass is 10.0. The molecular formula is C12H7NO3. The zero-order valence-corrected chi connectivity index (χ0v) is 8.18. The molecule has 0 aliphatic carbocycles. The summed E-state index contributed by atoms with van der Waals surface area (Å²) in [5.41, 5.74) is 0.621. The Hall–Kier alpha value is -2.45. The molecule has 4 nitrogen and oxygen atoms in total. The fourth-order valence-electron chi connectivity index (χ4n) is 1.63. The van der Waals surface area contributed by atoms with Crippen LogP contribution in [0.4, 0.5) is 5.69 Å². The number of nitrogens with zero attached hydrogens (tertiary/aromatic N) is 1. The summed E-state index contributed by atoms with van der Waals surface area (Å²) in [6.45, 7) is 0. The zero-order valence-electron chi connectivity index (χ0n) is 8.18. The molecule has 0 fully saturated rings. The van der Waals surface area contributed by atoms with Crippen LogP contribution >= 0.6 is 0 Å². The molecule has 0 aromatic heterocycles. The summed E-state index contributed by atoms with van der Waals surface area (Å²) in [5, 5.41) is 10.2. The van der Waals surface area contributed by atoms with Gasteiger partial charge in [-0.05, 0) is 17.5 Å². The standard InChI is InChI=1S/C12H7NO3/c14-7-13-11-6-2-3-8-9(11)4-1-5-10(8)12(15)16/h1-6H,(H,15,16). The maximum atomic E-state index is 11.0. The maximum absolute atomic E-state index is 11.0. The minimum Gasteiger partial charge on any atom is -0.478 e. The van der Waals surface area contributed by atoms with Crippen LogP contribution in [0.15, 0.2) is 41.4 Å². The first-order valence-corrected chi connectivity index (χ1v) is 4.57. The normalized spacial score (nSPS) is 9.75. The summed E-state index contributed by atoms with van der Waals surface area (Å²) in [7, 11) is 0. The summed E-state index contributed by atoms with van der Waals surface area (Å²) >= 11 is 0. The first-order chi connectivity index (χ1) is 7.74. The number of hydrogen-bond donors (Lipinski definition) is 1. The molecule has 0 saturated heterocycles. The molecular weight excluding hydrogens is 206 g/mol. The SMILES string of the molecule is O=C=Nc1cccc2c(C(=O)O)cccc12. The number of rotatable bonds is 2. The van der Waals surface area contributed by atoms with Crippen molar-refractivity contribution in [2.75, 3.05) is 0 Å². The third-order valence-corrected chi connectivity index (χ3v) is 2.30. The van der Waals surface area contributed by atoms with Gasteiger partial charge >= 0.3 is 5.97 Å². The van der Waals surface area contributed by atoms with Gasteiger partial charge in [-0.3, -0.25) is 0 Å². The first-order valence-electron chi connectivity index (χ1n) is 4.57. The summed E-state index contributed by atoms with van der Waals surface area (Å²) in [6, 6.07) is 9.83. The third-order valence-electron chi connectivity index (χ3n) is 2.30. The number of carboxylic acids is 1. The van der Waals surface area contributed by atoms with Gasteiger partial charge in [0.15, 0.2) is 0 Å². The van der Waals surface area contributed by atoms with Crippen molar-refractivity contribution in [2.45, 2.75) is 0 Å². The minimum absolute atomic E-state index is 0.195. The molecule has 2 aromatic carbocycles. The van der Waals surface area contributed by atoms with Crippen molar-refractivity contribution in [3.63, 3.8) is 0 Å². The molecule has 16 heavy (non-hydrogen) atoms. The van der Waals surface area contributed by atoms with Crippen LogP contribution in [0.2, 0.25) is 0 Å². The summed E-state index contributed by atoms with van der Waals surface area (Å²) in [4.78, 5) is 24.7. The monoisotopic (exact) mass is 213 g/mol. The fourth-order valence-corrected chi connectivity index (χ4v) is 1.63. The lowest BCUT2D eigenvalue weighted by Crippen LogP contribution is -1.96. The number of carbonyl (C=O) groups is 1. The number of hydrogen-bond acceptors (Lipinski definition) is 3. The average Bonchev–Trinajstić information content (AvgIpc) is 2.29. The second-order valence-electron chi connectivity index (χ2n) is 3.19. The van der Waals surface area contributed by atoms with Gasteiger partial charge in [-0.1, -0.05) is 24.3 Å². The molecule has 0 saturated carbocycles. The van der Waals surface area contributed by atoms with Crippen LogP contribution in [-0.2, 0) is 4.79 Å². The Morgan fingerprint density at radius 3 is 2.50 bits per heavy atom. The first kappa shape index (κ1) is 10.1. The lowest BCUT2D eigenvalue weighted by molar-refractivity contribution is 0.0699. The highest BCUT2D eigenvalue weighted by Crippen LogP contribution is 2.27. The zero-order chi connectivity index (χ0) is 11.5. The molecule has 2 aromatic rings. The molecule has 0 heterocycles.